The van der Waals surface area contributed by atoms with Gasteiger partial charge in [-0.1, -0.05) is 35.0 Å². The number of nitrogens with zero attached hydrogens (tertiary/aromatic N) is 1. The quantitative estimate of drug-likeness (QED) is 0.312. The van der Waals surface area contributed by atoms with E-state index in [0.717, 1.165) is 25.9 Å². The van der Waals surface area contributed by atoms with Crippen LogP contribution in [-0.4, -0.2) is 17.6 Å². The summed E-state index contributed by atoms with van der Waals surface area (Å²) < 4.78 is 0. The topological polar surface area (TPSA) is 70.6 Å². The van der Waals surface area contributed by atoms with Gasteiger partial charge in [-0.05, 0) is 30.7 Å². The minimum atomic E-state index is 0.222. The highest BCUT2D eigenvalue weighted by Gasteiger charge is 2.42. The first-order valence-corrected chi connectivity index (χ1v) is 6.36. The van der Waals surface area contributed by atoms with E-state index < -0.39 is 0 Å². The van der Waals surface area contributed by atoms with Crippen molar-refractivity contribution in [3.05, 3.63) is 35.4 Å². The zero-order valence-electron chi connectivity index (χ0n) is 10.8. The molecule has 0 spiro atoms. The lowest BCUT2D eigenvalue weighted by Gasteiger charge is -2.15. The predicted octanol–water partition coefficient (Wildman–Crippen LogP) is 2.00. The van der Waals surface area contributed by atoms with Gasteiger partial charge in [-0.25, -0.2) is 0 Å². The molecule has 0 bridgehead atoms. The third-order valence-corrected chi connectivity index (χ3v) is 3.55. The molecule has 4 nitrogen and oxygen atoms in total. The van der Waals surface area contributed by atoms with Crippen LogP contribution in [0.3, 0.4) is 0 Å². The molecule has 4 N–H and O–H groups in total. The molecule has 98 valence electrons. The SMILES string of the molecule is Cc1cccc(CNCC2(CC(N)=NO)CC2)c1. The van der Waals surface area contributed by atoms with E-state index in [1.807, 2.05) is 0 Å². The van der Waals surface area contributed by atoms with Crippen LogP contribution < -0.4 is 11.1 Å². The highest BCUT2D eigenvalue weighted by molar-refractivity contribution is 5.80. The first kappa shape index (κ1) is 12.9. The summed E-state index contributed by atoms with van der Waals surface area (Å²) >= 11 is 0. The van der Waals surface area contributed by atoms with Crippen molar-refractivity contribution in [2.45, 2.75) is 32.7 Å². The largest absolute Gasteiger partial charge is 0.409 e. The number of amidine groups is 1. The highest BCUT2D eigenvalue weighted by atomic mass is 16.4. The van der Waals surface area contributed by atoms with Crippen LogP contribution in [0.1, 0.15) is 30.4 Å². The van der Waals surface area contributed by atoms with Crippen molar-refractivity contribution in [2.24, 2.45) is 16.3 Å². The highest BCUT2D eigenvalue weighted by Crippen LogP contribution is 2.48. The van der Waals surface area contributed by atoms with Gasteiger partial charge in [0.2, 0.25) is 0 Å². The monoisotopic (exact) mass is 247 g/mol. The summed E-state index contributed by atoms with van der Waals surface area (Å²) in [5.41, 5.74) is 8.38. The smallest absolute Gasteiger partial charge is 0.139 e. The molecule has 1 fully saturated rings. The summed E-state index contributed by atoms with van der Waals surface area (Å²) in [7, 11) is 0. The number of rotatable bonds is 6. The van der Waals surface area contributed by atoms with E-state index >= 15 is 0 Å². The van der Waals surface area contributed by atoms with Gasteiger partial charge in [0.1, 0.15) is 5.84 Å². The number of hydrogen-bond donors (Lipinski definition) is 3. The van der Waals surface area contributed by atoms with Gasteiger partial charge in [-0.3, -0.25) is 0 Å². The summed E-state index contributed by atoms with van der Waals surface area (Å²) in [5, 5.41) is 15.1. The molecule has 0 aromatic heterocycles. The Kier molecular flexibility index (Phi) is 3.87. The Hall–Kier alpha value is -1.55. The molecule has 1 aromatic rings. The molecule has 0 amide bonds. The normalized spacial score (nSPS) is 17.7. The Morgan fingerprint density at radius 2 is 2.28 bits per heavy atom. The molecule has 0 aliphatic heterocycles. The number of nitrogens with one attached hydrogen (secondary N) is 1. The second-order valence-electron chi connectivity index (χ2n) is 5.36. The number of hydrogen-bond acceptors (Lipinski definition) is 3. The first-order chi connectivity index (χ1) is 8.63. The van der Waals surface area contributed by atoms with E-state index in [0.29, 0.717) is 12.3 Å². The molecule has 2 rings (SSSR count). The van der Waals surface area contributed by atoms with Crippen LogP contribution in [0.4, 0.5) is 0 Å². The third kappa shape index (κ3) is 3.47. The van der Waals surface area contributed by atoms with Crippen LogP contribution in [0.15, 0.2) is 29.4 Å². The molecule has 1 aliphatic carbocycles. The van der Waals surface area contributed by atoms with E-state index in [1.165, 1.54) is 11.1 Å². The number of nitrogens with two attached hydrogens (primary N) is 1. The van der Waals surface area contributed by atoms with E-state index in [1.54, 1.807) is 0 Å². The lowest BCUT2D eigenvalue weighted by molar-refractivity contribution is 0.314. The summed E-state index contributed by atoms with van der Waals surface area (Å²) in [6, 6.07) is 8.50. The summed E-state index contributed by atoms with van der Waals surface area (Å²) in [6.45, 7) is 3.90. The Bertz CT molecular complexity index is 438. The number of oxime groups is 1. The Morgan fingerprint density at radius 3 is 2.89 bits per heavy atom. The maximum absolute atomic E-state index is 8.60. The van der Waals surface area contributed by atoms with Crippen LogP contribution >= 0.6 is 0 Å². The minimum Gasteiger partial charge on any atom is -0.409 e. The van der Waals surface area contributed by atoms with Gasteiger partial charge < -0.3 is 16.3 Å². The molecule has 1 aliphatic rings. The lowest BCUT2D eigenvalue weighted by atomic mass is 10.0. The third-order valence-electron chi connectivity index (χ3n) is 3.55. The lowest BCUT2D eigenvalue weighted by Crippen LogP contribution is -2.28. The fourth-order valence-electron chi connectivity index (χ4n) is 2.31. The molecular weight excluding hydrogens is 226 g/mol. The Balaban J connectivity index is 1.79. The summed E-state index contributed by atoms with van der Waals surface area (Å²) in [4.78, 5) is 0. The Labute approximate surface area is 108 Å². The van der Waals surface area contributed by atoms with Crippen molar-refractivity contribution in [1.29, 1.82) is 0 Å². The molecule has 1 saturated carbocycles. The van der Waals surface area contributed by atoms with Crippen molar-refractivity contribution in [2.75, 3.05) is 6.54 Å². The van der Waals surface area contributed by atoms with Crippen molar-refractivity contribution in [1.82, 2.24) is 5.32 Å². The van der Waals surface area contributed by atoms with Crippen LogP contribution in [-0.2, 0) is 6.54 Å². The van der Waals surface area contributed by atoms with Crippen LogP contribution in [0, 0.1) is 12.3 Å². The maximum atomic E-state index is 8.60. The molecule has 1 aromatic carbocycles. The second kappa shape index (κ2) is 5.40. The molecule has 0 heterocycles. The van der Waals surface area contributed by atoms with Gasteiger partial charge in [0.25, 0.3) is 0 Å². The molecule has 0 atom stereocenters. The average molecular weight is 247 g/mol. The Morgan fingerprint density at radius 1 is 1.50 bits per heavy atom. The molecular formula is C14H21N3O. The molecule has 18 heavy (non-hydrogen) atoms. The average Bonchev–Trinajstić information content (AvgIpc) is 3.09. The van der Waals surface area contributed by atoms with Crippen LogP contribution in [0.2, 0.25) is 0 Å². The molecule has 0 unspecified atom stereocenters. The summed E-state index contributed by atoms with van der Waals surface area (Å²) in [5.74, 6) is 0.338. The van der Waals surface area contributed by atoms with Gasteiger partial charge >= 0.3 is 0 Å². The molecule has 4 heteroatoms. The van der Waals surface area contributed by atoms with Crippen molar-refractivity contribution in [3.8, 4) is 0 Å². The number of aryl methyl sites for hydroxylation is 1. The van der Waals surface area contributed by atoms with Gasteiger partial charge in [-0.15, -0.1) is 0 Å². The zero-order valence-corrected chi connectivity index (χ0v) is 10.8. The van der Waals surface area contributed by atoms with Crippen LogP contribution in [0.5, 0.6) is 0 Å². The van der Waals surface area contributed by atoms with E-state index in [9.17, 15) is 0 Å². The van der Waals surface area contributed by atoms with E-state index in [4.69, 9.17) is 10.9 Å². The summed E-state index contributed by atoms with van der Waals surface area (Å²) in [6.07, 6.45) is 3.00. The van der Waals surface area contributed by atoms with Gasteiger partial charge in [0, 0.05) is 19.5 Å². The minimum absolute atomic E-state index is 0.222. The van der Waals surface area contributed by atoms with Gasteiger partial charge in [-0.2, -0.15) is 0 Å². The second-order valence-corrected chi connectivity index (χ2v) is 5.36. The first-order valence-electron chi connectivity index (χ1n) is 6.36. The van der Waals surface area contributed by atoms with Crippen molar-refractivity contribution < 1.29 is 5.21 Å². The fraction of sp³-hybridized carbons (Fsp3) is 0.500. The van der Waals surface area contributed by atoms with Crippen LogP contribution in [0.25, 0.3) is 0 Å². The number of benzene rings is 1. The van der Waals surface area contributed by atoms with Gasteiger partial charge in [0.05, 0.1) is 0 Å². The predicted molar refractivity (Wildman–Crippen MR) is 72.6 cm³/mol. The zero-order chi connectivity index (χ0) is 13.0. The van der Waals surface area contributed by atoms with Crippen molar-refractivity contribution in [3.63, 3.8) is 0 Å². The molecule has 0 saturated heterocycles. The fourth-order valence-corrected chi connectivity index (χ4v) is 2.31. The van der Waals surface area contributed by atoms with Gasteiger partial charge in [0.15, 0.2) is 0 Å². The maximum Gasteiger partial charge on any atom is 0.139 e. The standard InChI is InChI=1S/C14H21N3O/c1-11-3-2-4-12(7-11)9-16-10-14(5-6-14)8-13(15)17-18/h2-4,7,16,18H,5-6,8-10H2,1H3,(H2,15,17). The molecule has 0 radical (unpaired) electrons. The van der Waals surface area contributed by atoms with E-state index in [2.05, 4.69) is 41.7 Å². The van der Waals surface area contributed by atoms with E-state index in [-0.39, 0.29) is 5.41 Å². The van der Waals surface area contributed by atoms with Crippen molar-refractivity contribution >= 4 is 5.84 Å².